The highest BCUT2D eigenvalue weighted by Crippen LogP contribution is 2.15. The fourth-order valence-corrected chi connectivity index (χ4v) is 3.24. The molecule has 1 heterocycles. The van der Waals surface area contributed by atoms with Crippen molar-refractivity contribution in [3.63, 3.8) is 0 Å². The standard InChI is InChI=1S/C15H21NO6S/c1-12-2-4-14(5-3-12)23(19,20)22-11-10-21-13-6-8-16(9-7-13)15(17)18/h2-5,13H,6-11H2,1H3,(H,17,18). The van der Waals surface area contributed by atoms with Gasteiger partial charge in [-0.2, -0.15) is 8.42 Å². The molecule has 0 saturated carbocycles. The van der Waals surface area contributed by atoms with Crippen molar-refractivity contribution in [3.8, 4) is 0 Å². The fraction of sp³-hybridized carbons (Fsp3) is 0.533. The van der Waals surface area contributed by atoms with Crippen LogP contribution in [0.25, 0.3) is 0 Å². The molecule has 0 bridgehead atoms. The molecule has 0 unspecified atom stereocenters. The SMILES string of the molecule is Cc1ccc(S(=O)(=O)OCCOC2CCN(C(=O)O)CC2)cc1. The normalized spacial score (nSPS) is 16.5. The zero-order valence-electron chi connectivity index (χ0n) is 13.0. The molecule has 1 saturated heterocycles. The Balaban J connectivity index is 1.71. The van der Waals surface area contributed by atoms with Crippen LogP contribution in [-0.4, -0.2) is 56.9 Å². The predicted octanol–water partition coefficient (Wildman–Crippen LogP) is 1.86. The number of likely N-dealkylation sites (tertiary alicyclic amines) is 1. The van der Waals surface area contributed by atoms with E-state index in [0.29, 0.717) is 25.9 Å². The number of amides is 1. The van der Waals surface area contributed by atoms with Gasteiger partial charge in [0, 0.05) is 13.1 Å². The van der Waals surface area contributed by atoms with E-state index in [2.05, 4.69) is 0 Å². The second kappa shape index (κ2) is 7.76. The van der Waals surface area contributed by atoms with E-state index in [1.165, 1.54) is 17.0 Å². The molecule has 1 aliphatic heterocycles. The van der Waals surface area contributed by atoms with Gasteiger partial charge in [0.2, 0.25) is 0 Å². The third kappa shape index (κ3) is 5.19. The number of carbonyl (C=O) groups is 1. The maximum atomic E-state index is 12.0. The Morgan fingerprint density at radius 2 is 1.83 bits per heavy atom. The van der Waals surface area contributed by atoms with E-state index in [4.69, 9.17) is 14.0 Å². The molecule has 0 radical (unpaired) electrons. The first-order chi connectivity index (χ1) is 10.9. The van der Waals surface area contributed by atoms with Crippen molar-refractivity contribution in [2.24, 2.45) is 0 Å². The molecule has 0 aliphatic carbocycles. The fourth-order valence-electron chi connectivity index (χ4n) is 2.35. The molecule has 23 heavy (non-hydrogen) atoms. The first-order valence-corrected chi connectivity index (χ1v) is 8.85. The summed E-state index contributed by atoms with van der Waals surface area (Å²) in [5.74, 6) is 0. The van der Waals surface area contributed by atoms with Crippen molar-refractivity contribution in [3.05, 3.63) is 29.8 Å². The van der Waals surface area contributed by atoms with E-state index in [1.807, 2.05) is 6.92 Å². The summed E-state index contributed by atoms with van der Waals surface area (Å²) in [5.41, 5.74) is 0.972. The van der Waals surface area contributed by atoms with E-state index in [9.17, 15) is 13.2 Å². The number of rotatable bonds is 6. The van der Waals surface area contributed by atoms with E-state index < -0.39 is 16.2 Å². The predicted molar refractivity (Wildman–Crippen MR) is 82.9 cm³/mol. The van der Waals surface area contributed by atoms with Gasteiger partial charge in [0.1, 0.15) is 0 Å². The Morgan fingerprint density at radius 3 is 2.39 bits per heavy atom. The number of hydrogen-bond donors (Lipinski definition) is 1. The minimum Gasteiger partial charge on any atom is -0.465 e. The van der Waals surface area contributed by atoms with Gasteiger partial charge in [-0.3, -0.25) is 4.18 Å². The molecule has 7 nitrogen and oxygen atoms in total. The van der Waals surface area contributed by atoms with Gasteiger partial charge in [0.25, 0.3) is 10.1 Å². The second-order valence-corrected chi connectivity index (χ2v) is 7.04. The van der Waals surface area contributed by atoms with Crippen molar-refractivity contribution in [2.45, 2.75) is 30.8 Å². The third-order valence-corrected chi connectivity index (χ3v) is 5.02. The van der Waals surface area contributed by atoms with Gasteiger partial charge in [-0.1, -0.05) is 17.7 Å². The molecule has 8 heteroatoms. The monoisotopic (exact) mass is 343 g/mol. The van der Waals surface area contributed by atoms with Crippen LogP contribution in [0.3, 0.4) is 0 Å². The zero-order chi connectivity index (χ0) is 16.9. The molecular formula is C15H21NO6S. The van der Waals surface area contributed by atoms with Crippen molar-refractivity contribution < 1.29 is 27.2 Å². The van der Waals surface area contributed by atoms with E-state index in [1.54, 1.807) is 12.1 Å². The van der Waals surface area contributed by atoms with Crippen molar-refractivity contribution in [1.29, 1.82) is 0 Å². The van der Waals surface area contributed by atoms with Gasteiger partial charge < -0.3 is 14.7 Å². The number of aryl methyl sites for hydroxylation is 1. The van der Waals surface area contributed by atoms with Crippen molar-refractivity contribution in [1.82, 2.24) is 4.90 Å². The molecule has 1 aromatic rings. The second-order valence-electron chi connectivity index (χ2n) is 5.43. The first kappa shape index (κ1) is 17.7. The van der Waals surface area contributed by atoms with Gasteiger partial charge in [-0.05, 0) is 31.9 Å². The van der Waals surface area contributed by atoms with Gasteiger partial charge in [0.15, 0.2) is 0 Å². The van der Waals surface area contributed by atoms with Gasteiger partial charge in [-0.15, -0.1) is 0 Å². The summed E-state index contributed by atoms with van der Waals surface area (Å²) in [7, 11) is -3.77. The number of hydrogen-bond acceptors (Lipinski definition) is 5. The summed E-state index contributed by atoms with van der Waals surface area (Å²) in [6, 6.07) is 6.44. The molecular weight excluding hydrogens is 322 g/mol. The summed E-state index contributed by atoms with van der Waals surface area (Å²) >= 11 is 0. The lowest BCUT2D eigenvalue weighted by atomic mass is 10.1. The quantitative estimate of drug-likeness (QED) is 0.626. The van der Waals surface area contributed by atoms with Crippen molar-refractivity contribution >= 4 is 16.2 Å². The van der Waals surface area contributed by atoms with E-state index in [-0.39, 0.29) is 24.2 Å². The Bertz CT molecular complexity index is 620. The van der Waals surface area contributed by atoms with Crippen LogP contribution in [0.4, 0.5) is 4.79 Å². The van der Waals surface area contributed by atoms with Crippen LogP contribution in [0, 0.1) is 6.92 Å². The lowest BCUT2D eigenvalue weighted by Crippen LogP contribution is -2.40. The molecule has 0 atom stereocenters. The first-order valence-electron chi connectivity index (χ1n) is 7.44. The Hall–Kier alpha value is -1.64. The highest BCUT2D eigenvalue weighted by atomic mass is 32.2. The highest BCUT2D eigenvalue weighted by Gasteiger charge is 2.22. The Morgan fingerprint density at radius 1 is 1.22 bits per heavy atom. The van der Waals surface area contributed by atoms with Gasteiger partial charge in [0.05, 0.1) is 24.2 Å². The lowest BCUT2D eigenvalue weighted by Gasteiger charge is -2.29. The van der Waals surface area contributed by atoms with Crippen LogP contribution >= 0.6 is 0 Å². The summed E-state index contributed by atoms with van der Waals surface area (Å²) in [6.07, 6.45) is 0.237. The molecule has 1 N–H and O–H groups in total. The number of ether oxygens (including phenoxy) is 1. The van der Waals surface area contributed by atoms with Crippen LogP contribution in [-0.2, 0) is 19.0 Å². The van der Waals surface area contributed by atoms with Crippen LogP contribution in [0.15, 0.2) is 29.2 Å². The van der Waals surface area contributed by atoms with Gasteiger partial charge in [-0.25, -0.2) is 4.79 Å². The largest absolute Gasteiger partial charge is 0.465 e. The minimum absolute atomic E-state index is 0.0590. The van der Waals surface area contributed by atoms with Crippen molar-refractivity contribution in [2.75, 3.05) is 26.3 Å². The summed E-state index contributed by atoms with van der Waals surface area (Å²) in [5, 5.41) is 8.85. The average molecular weight is 343 g/mol. The molecule has 2 rings (SSSR count). The number of benzene rings is 1. The molecule has 0 aromatic heterocycles. The van der Waals surface area contributed by atoms with Crippen LogP contribution < -0.4 is 0 Å². The van der Waals surface area contributed by atoms with E-state index in [0.717, 1.165) is 5.56 Å². The molecule has 128 valence electrons. The Kier molecular flexibility index (Phi) is 5.97. The highest BCUT2D eigenvalue weighted by molar-refractivity contribution is 7.86. The van der Waals surface area contributed by atoms with Gasteiger partial charge >= 0.3 is 6.09 Å². The molecule has 1 amide bonds. The minimum atomic E-state index is -3.77. The summed E-state index contributed by atoms with van der Waals surface area (Å²) in [4.78, 5) is 12.3. The number of piperidine rings is 1. The lowest BCUT2D eigenvalue weighted by molar-refractivity contribution is -0.00115. The van der Waals surface area contributed by atoms with Crippen LogP contribution in [0.2, 0.25) is 0 Å². The molecule has 1 aliphatic rings. The number of nitrogens with zero attached hydrogens (tertiary/aromatic N) is 1. The third-order valence-electron chi connectivity index (χ3n) is 3.70. The van der Waals surface area contributed by atoms with Crippen LogP contribution in [0.1, 0.15) is 18.4 Å². The summed E-state index contributed by atoms with van der Waals surface area (Å²) in [6.45, 7) is 2.84. The molecule has 0 spiro atoms. The zero-order valence-corrected chi connectivity index (χ0v) is 13.8. The van der Waals surface area contributed by atoms with E-state index >= 15 is 0 Å². The van der Waals surface area contributed by atoms with Crippen LogP contribution in [0.5, 0.6) is 0 Å². The number of carboxylic acid groups (broad SMARTS) is 1. The average Bonchev–Trinajstić information content (AvgIpc) is 2.52. The topological polar surface area (TPSA) is 93.1 Å². The maximum Gasteiger partial charge on any atom is 0.407 e. The molecule has 1 aromatic carbocycles. The smallest absolute Gasteiger partial charge is 0.407 e. The summed E-state index contributed by atoms with van der Waals surface area (Å²) < 4.78 is 34.4. The maximum absolute atomic E-state index is 12.0. The Labute approximate surface area is 135 Å². The molecule has 1 fully saturated rings.